The second kappa shape index (κ2) is 7.64. The van der Waals surface area contributed by atoms with E-state index in [0.717, 1.165) is 11.3 Å². The molecule has 0 bridgehead atoms. The SMILES string of the molecule is Cc1ccc(-c2cnc([C@@H](NC(=O)C3CCC(F)(F)CC3)C(C)(C)C)[nH]2)cc1. The Morgan fingerprint density at radius 2 is 1.82 bits per heavy atom. The topological polar surface area (TPSA) is 57.8 Å². The number of aryl methyl sites for hydroxylation is 1. The Morgan fingerprint density at radius 3 is 2.39 bits per heavy atom. The molecule has 0 unspecified atom stereocenters. The van der Waals surface area contributed by atoms with Crippen LogP contribution in [0.5, 0.6) is 0 Å². The highest BCUT2D eigenvalue weighted by molar-refractivity contribution is 5.79. The quantitative estimate of drug-likeness (QED) is 0.734. The summed E-state index contributed by atoms with van der Waals surface area (Å²) < 4.78 is 26.8. The number of benzene rings is 1. The third-order valence-electron chi connectivity index (χ3n) is 5.47. The summed E-state index contributed by atoms with van der Waals surface area (Å²) in [5, 5.41) is 3.07. The van der Waals surface area contributed by atoms with Gasteiger partial charge >= 0.3 is 0 Å². The van der Waals surface area contributed by atoms with Crippen molar-refractivity contribution in [2.45, 2.75) is 65.3 Å². The summed E-state index contributed by atoms with van der Waals surface area (Å²) in [6, 6.07) is 7.80. The normalized spacial score (nSPS) is 18.6. The number of carbonyl (C=O) groups excluding carboxylic acids is 1. The molecule has 3 rings (SSSR count). The van der Waals surface area contributed by atoms with E-state index in [1.165, 1.54) is 5.56 Å². The fourth-order valence-corrected chi connectivity index (χ4v) is 3.62. The first-order valence-electron chi connectivity index (χ1n) is 9.85. The van der Waals surface area contributed by atoms with Crippen LogP contribution in [0.4, 0.5) is 8.78 Å². The second-order valence-corrected chi connectivity index (χ2v) is 8.99. The van der Waals surface area contributed by atoms with Crippen LogP contribution in [0, 0.1) is 18.3 Å². The predicted molar refractivity (Wildman–Crippen MR) is 106 cm³/mol. The summed E-state index contributed by atoms with van der Waals surface area (Å²) >= 11 is 0. The molecule has 0 saturated heterocycles. The number of carbonyl (C=O) groups is 1. The van der Waals surface area contributed by atoms with Gasteiger partial charge in [-0.2, -0.15) is 0 Å². The van der Waals surface area contributed by atoms with Crippen molar-refractivity contribution >= 4 is 5.91 Å². The molecule has 1 fully saturated rings. The first-order valence-corrected chi connectivity index (χ1v) is 9.85. The lowest BCUT2D eigenvalue weighted by Gasteiger charge is -2.33. The molecule has 0 spiro atoms. The summed E-state index contributed by atoms with van der Waals surface area (Å²) in [7, 11) is 0. The molecule has 1 aliphatic carbocycles. The van der Waals surface area contributed by atoms with Crippen LogP contribution in [-0.4, -0.2) is 21.8 Å². The first kappa shape index (κ1) is 20.5. The lowest BCUT2D eigenvalue weighted by atomic mass is 9.83. The highest BCUT2D eigenvalue weighted by Gasteiger charge is 2.39. The molecule has 1 aliphatic rings. The van der Waals surface area contributed by atoms with Crippen molar-refractivity contribution in [2.24, 2.45) is 11.3 Å². The number of hydrogen-bond donors (Lipinski definition) is 2. The number of aromatic nitrogens is 2. The van der Waals surface area contributed by atoms with Gasteiger partial charge in [-0.15, -0.1) is 0 Å². The van der Waals surface area contributed by atoms with E-state index in [1.807, 2.05) is 52.0 Å². The van der Waals surface area contributed by atoms with Gasteiger partial charge in [0.05, 0.1) is 17.9 Å². The first-order chi connectivity index (χ1) is 13.0. The molecule has 2 N–H and O–H groups in total. The van der Waals surface area contributed by atoms with Crippen LogP contribution in [-0.2, 0) is 4.79 Å². The van der Waals surface area contributed by atoms with Crippen LogP contribution in [0.25, 0.3) is 11.3 Å². The molecular formula is C22H29F2N3O. The van der Waals surface area contributed by atoms with E-state index in [0.29, 0.717) is 5.82 Å². The maximum Gasteiger partial charge on any atom is 0.248 e. The van der Waals surface area contributed by atoms with Gasteiger partial charge in [-0.25, -0.2) is 13.8 Å². The molecule has 1 aromatic heterocycles. The van der Waals surface area contributed by atoms with Crippen LogP contribution in [0.15, 0.2) is 30.5 Å². The Morgan fingerprint density at radius 1 is 1.21 bits per heavy atom. The van der Waals surface area contributed by atoms with E-state index >= 15 is 0 Å². The van der Waals surface area contributed by atoms with Gasteiger partial charge in [0.1, 0.15) is 5.82 Å². The average molecular weight is 389 g/mol. The van der Waals surface area contributed by atoms with Gasteiger partial charge < -0.3 is 10.3 Å². The lowest BCUT2D eigenvalue weighted by Crippen LogP contribution is -2.42. The zero-order chi connectivity index (χ0) is 20.5. The Balaban J connectivity index is 1.76. The Labute approximate surface area is 165 Å². The van der Waals surface area contributed by atoms with Crippen LogP contribution < -0.4 is 5.32 Å². The number of hydrogen-bond acceptors (Lipinski definition) is 2. The number of nitrogens with zero attached hydrogens (tertiary/aromatic N) is 1. The molecular weight excluding hydrogens is 360 g/mol. The summed E-state index contributed by atoms with van der Waals surface area (Å²) in [5.74, 6) is -2.48. The van der Waals surface area contributed by atoms with Crippen LogP contribution in [0.1, 0.15) is 63.9 Å². The summed E-state index contributed by atoms with van der Waals surface area (Å²) in [4.78, 5) is 20.6. The van der Waals surface area contributed by atoms with E-state index in [-0.39, 0.29) is 49.0 Å². The average Bonchev–Trinajstić information content (AvgIpc) is 3.08. The third-order valence-corrected chi connectivity index (χ3v) is 5.47. The molecule has 1 amide bonds. The number of halogens is 2. The van der Waals surface area contributed by atoms with Gasteiger partial charge in [-0.05, 0) is 30.7 Å². The van der Waals surface area contributed by atoms with Crippen molar-refractivity contribution in [1.29, 1.82) is 0 Å². The predicted octanol–water partition coefficient (Wildman–Crippen LogP) is 5.41. The Kier molecular flexibility index (Phi) is 5.60. The number of aromatic amines is 1. The fraction of sp³-hybridized carbons (Fsp3) is 0.545. The van der Waals surface area contributed by atoms with Crippen LogP contribution >= 0.6 is 0 Å². The van der Waals surface area contributed by atoms with Crippen molar-refractivity contribution in [2.75, 3.05) is 0 Å². The molecule has 4 nitrogen and oxygen atoms in total. The molecule has 0 radical (unpaired) electrons. The zero-order valence-corrected chi connectivity index (χ0v) is 17.0. The van der Waals surface area contributed by atoms with Gasteiger partial charge in [-0.3, -0.25) is 4.79 Å². The smallest absolute Gasteiger partial charge is 0.248 e. The molecule has 1 heterocycles. The maximum absolute atomic E-state index is 13.4. The lowest BCUT2D eigenvalue weighted by molar-refractivity contribution is -0.130. The van der Waals surface area contributed by atoms with Crippen molar-refractivity contribution in [3.63, 3.8) is 0 Å². The summed E-state index contributed by atoms with van der Waals surface area (Å²) in [5.41, 5.74) is 2.81. The summed E-state index contributed by atoms with van der Waals surface area (Å²) in [6.07, 6.45) is 1.78. The number of alkyl halides is 2. The van der Waals surface area contributed by atoms with Gasteiger partial charge in [-0.1, -0.05) is 50.6 Å². The van der Waals surface area contributed by atoms with Crippen molar-refractivity contribution in [3.8, 4) is 11.3 Å². The number of amides is 1. The van der Waals surface area contributed by atoms with Gasteiger partial charge in [0, 0.05) is 18.8 Å². The van der Waals surface area contributed by atoms with Crippen LogP contribution in [0.3, 0.4) is 0 Å². The second-order valence-electron chi connectivity index (χ2n) is 8.99. The molecule has 1 saturated carbocycles. The van der Waals surface area contributed by atoms with Gasteiger partial charge in [0.2, 0.25) is 11.8 Å². The summed E-state index contributed by atoms with van der Waals surface area (Å²) in [6.45, 7) is 8.12. The van der Waals surface area contributed by atoms with E-state index in [9.17, 15) is 13.6 Å². The molecule has 0 aliphatic heterocycles. The molecule has 152 valence electrons. The zero-order valence-electron chi connectivity index (χ0n) is 17.0. The van der Waals surface area contributed by atoms with E-state index in [1.54, 1.807) is 6.20 Å². The highest BCUT2D eigenvalue weighted by Crippen LogP contribution is 2.38. The van der Waals surface area contributed by atoms with Crippen LogP contribution in [0.2, 0.25) is 0 Å². The molecule has 28 heavy (non-hydrogen) atoms. The van der Waals surface area contributed by atoms with Gasteiger partial charge in [0.25, 0.3) is 0 Å². The molecule has 2 aromatic rings. The minimum Gasteiger partial charge on any atom is -0.345 e. The van der Waals surface area contributed by atoms with E-state index in [4.69, 9.17) is 0 Å². The minimum atomic E-state index is -2.63. The highest BCUT2D eigenvalue weighted by atomic mass is 19.3. The number of rotatable bonds is 4. The molecule has 1 atom stereocenters. The molecule has 6 heteroatoms. The van der Waals surface area contributed by atoms with Gasteiger partial charge in [0.15, 0.2) is 0 Å². The number of H-pyrrole nitrogens is 1. The Hall–Kier alpha value is -2.24. The minimum absolute atomic E-state index is 0.163. The number of nitrogens with one attached hydrogen (secondary N) is 2. The third kappa shape index (κ3) is 4.78. The number of imidazole rings is 1. The molecule has 1 aromatic carbocycles. The maximum atomic E-state index is 13.4. The van der Waals surface area contributed by atoms with E-state index < -0.39 is 5.92 Å². The largest absolute Gasteiger partial charge is 0.345 e. The van der Waals surface area contributed by atoms with Crippen molar-refractivity contribution in [1.82, 2.24) is 15.3 Å². The monoisotopic (exact) mass is 389 g/mol. The standard InChI is InChI=1S/C22H29F2N3O/c1-14-5-7-15(8-6-14)17-13-25-19(26-17)18(21(2,3)4)27-20(28)16-9-11-22(23,24)12-10-16/h5-8,13,16,18H,9-12H2,1-4H3,(H,25,26)(H,27,28)/t18-/m1/s1. The Bertz CT molecular complexity index is 811. The van der Waals surface area contributed by atoms with E-state index in [2.05, 4.69) is 15.3 Å². The fourth-order valence-electron chi connectivity index (χ4n) is 3.62. The van der Waals surface area contributed by atoms with Crippen molar-refractivity contribution in [3.05, 3.63) is 41.9 Å². The van der Waals surface area contributed by atoms with Crippen molar-refractivity contribution < 1.29 is 13.6 Å².